The maximum Gasteiger partial charge on any atom is 0.243 e. The van der Waals surface area contributed by atoms with Crippen LogP contribution in [0.25, 0.3) is 0 Å². The first-order valence-corrected chi connectivity index (χ1v) is 7.27. The van der Waals surface area contributed by atoms with Crippen molar-refractivity contribution in [2.45, 2.75) is 16.2 Å². The lowest BCUT2D eigenvalue weighted by Crippen LogP contribution is -2.41. The second-order valence-corrected chi connectivity index (χ2v) is 6.39. The Morgan fingerprint density at radius 2 is 1.75 bits per heavy atom. The fourth-order valence-electron chi connectivity index (χ4n) is 1.40. The molecule has 0 amide bonds. The summed E-state index contributed by atoms with van der Waals surface area (Å²) in [6, 6.07) is 5.42. The summed E-state index contributed by atoms with van der Waals surface area (Å²) in [6.45, 7) is 1.10. The van der Waals surface area contributed by atoms with Gasteiger partial charge in [0.15, 0.2) is 11.1 Å². The molecule has 1 atom stereocenters. The van der Waals surface area contributed by atoms with Gasteiger partial charge < -0.3 is 4.55 Å². The van der Waals surface area contributed by atoms with Crippen LogP contribution in [0, 0.1) is 0 Å². The first-order chi connectivity index (χ1) is 7.51. The lowest BCUT2D eigenvalue weighted by molar-refractivity contribution is 0.309. The highest BCUT2D eigenvalue weighted by molar-refractivity contribution is 7.89. The van der Waals surface area contributed by atoms with Crippen molar-refractivity contribution in [2.24, 2.45) is 0 Å². The Balaban J connectivity index is 2.31. The van der Waals surface area contributed by atoms with E-state index in [1.807, 2.05) is 0 Å². The van der Waals surface area contributed by atoms with Crippen LogP contribution in [-0.4, -0.2) is 34.6 Å². The van der Waals surface area contributed by atoms with Crippen LogP contribution in [0.4, 0.5) is 0 Å². The zero-order valence-electron chi connectivity index (χ0n) is 8.37. The van der Waals surface area contributed by atoms with E-state index in [4.69, 9.17) is 4.55 Å². The standard InChI is InChI=1S/C9H11NO4S2/c11-15(12)8-2-4-9(5-3-8)16(13,14)10-6-1-7-10/h2-5H,1,6-7H2,(H,11,12). The Morgan fingerprint density at radius 3 is 2.12 bits per heavy atom. The molecule has 1 aromatic carbocycles. The molecule has 1 aliphatic rings. The minimum Gasteiger partial charge on any atom is -0.302 e. The van der Waals surface area contributed by atoms with Gasteiger partial charge in [-0.1, -0.05) is 0 Å². The third-order valence-corrected chi connectivity index (χ3v) is 5.07. The first-order valence-electron chi connectivity index (χ1n) is 4.73. The normalized spacial score (nSPS) is 19.1. The maximum atomic E-state index is 11.9. The Bertz CT molecular complexity index is 505. The molecule has 1 unspecified atom stereocenters. The quantitative estimate of drug-likeness (QED) is 0.811. The van der Waals surface area contributed by atoms with Crippen molar-refractivity contribution in [3.63, 3.8) is 0 Å². The highest BCUT2D eigenvalue weighted by Gasteiger charge is 2.29. The van der Waals surface area contributed by atoms with Crippen molar-refractivity contribution in [1.29, 1.82) is 0 Å². The molecule has 7 heteroatoms. The van der Waals surface area contributed by atoms with Crippen molar-refractivity contribution < 1.29 is 17.2 Å². The summed E-state index contributed by atoms with van der Waals surface area (Å²) >= 11 is -2.07. The average molecular weight is 261 g/mol. The van der Waals surface area contributed by atoms with E-state index in [1.165, 1.54) is 28.6 Å². The molecule has 0 radical (unpaired) electrons. The molecule has 1 aromatic rings. The molecule has 1 heterocycles. The molecule has 5 nitrogen and oxygen atoms in total. The molecular formula is C9H11NO4S2. The van der Waals surface area contributed by atoms with E-state index < -0.39 is 21.1 Å². The molecule has 0 aliphatic carbocycles. The predicted molar refractivity (Wildman–Crippen MR) is 58.9 cm³/mol. The van der Waals surface area contributed by atoms with Gasteiger partial charge >= 0.3 is 0 Å². The zero-order valence-corrected chi connectivity index (χ0v) is 10.00. The van der Waals surface area contributed by atoms with E-state index in [0.29, 0.717) is 13.1 Å². The molecular weight excluding hydrogens is 250 g/mol. The second kappa shape index (κ2) is 4.25. The molecule has 1 fully saturated rings. The summed E-state index contributed by atoms with van der Waals surface area (Å²) in [5.74, 6) is 0. The third kappa shape index (κ3) is 2.03. The monoisotopic (exact) mass is 261 g/mol. The second-order valence-electron chi connectivity index (χ2n) is 3.48. The van der Waals surface area contributed by atoms with Gasteiger partial charge in [0, 0.05) is 13.1 Å². The molecule has 1 N–H and O–H groups in total. The van der Waals surface area contributed by atoms with Crippen LogP contribution in [0.1, 0.15) is 6.42 Å². The van der Waals surface area contributed by atoms with Crippen LogP contribution in [0.5, 0.6) is 0 Å². The average Bonchev–Trinajstić information content (AvgIpc) is 2.14. The van der Waals surface area contributed by atoms with Crippen LogP contribution >= 0.6 is 0 Å². The van der Waals surface area contributed by atoms with Crippen LogP contribution in [0.3, 0.4) is 0 Å². The van der Waals surface area contributed by atoms with Crippen molar-refractivity contribution in [2.75, 3.05) is 13.1 Å². The molecule has 88 valence electrons. The zero-order chi connectivity index (χ0) is 11.8. The largest absolute Gasteiger partial charge is 0.302 e. The van der Waals surface area contributed by atoms with E-state index in [0.717, 1.165) is 6.42 Å². The summed E-state index contributed by atoms with van der Waals surface area (Å²) < 4.78 is 44.7. The van der Waals surface area contributed by atoms with Crippen LogP contribution in [0.2, 0.25) is 0 Å². The van der Waals surface area contributed by atoms with Gasteiger partial charge in [0.2, 0.25) is 10.0 Å². The smallest absolute Gasteiger partial charge is 0.243 e. The van der Waals surface area contributed by atoms with Gasteiger partial charge in [-0.05, 0) is 30.7 Å². The van der Waals surface area contributed by atoms with Gasteiger partial charge in [-0.15, -0.1) is 0 Å². The summed E-state index contributed by atoms with van der Waals surface area (Å²) in [5.41, 5.74) is 0. The van der Waals surface area contributed by atoms with E-state index in [1.54, 1.807) is 0 Å². The van der Waals surface area contributed by atoms with Crippen LogP contribution < -0.4 is 0 Å². The molecule has 16 heavy (non-hydrogen) atoms. The lowest BCUT2D eigenvalue weighted by atomic mass is 10.3. The number of benzene rings is 1. The number of rotatable bonds is 3. The number of sulfonamides is 1. The Hall–Kier alpha value is -0.760. The molecule has 0 bridgehead atoms. The SMILES string of the molecule is O=S(O)c1ccc(S(=O)(=O)N2CCC2)cc1. The molecule has 0 aromatic heterocycles. The summed E-state index contributed by atoms with van der Waals surface area (Å²) in [6.07, 6.45) is 0.887. The molecule has 1 saturated heterocycles. The summed E-state index contributed by atoms with van der Waals surface area (Å²) in [4.78, 5) is 0.365. The van der Waals surface area contributed by atoms with Gasteiger partial charge in [0.05, 0.1) is 9.79 Å². The minimum absolute atomic E-state index is 0.168. The van der Waals surface area contributed by atoms with E-state index >= 15 is 0 Å². The summed E-state index contributed by atoms with van der Waals surface area (Å²) in [7, 11) is -3.39. The van der Waals surface area contributed by atoms with Crippen molar-refractivity contribution in [3.8, 4) is 0 Å². The fourth-order valence-corrected chi connectivity index (χ4v) is 3.29. The van der Waals surface area contributed by atoms with Crippen molar-refractivity contribution in [3.05, 3.63) is 24.3 Å². The molecule has 1 aliphatic heterocycles. The molecule has 2 rings (SSSR count). The summed E-state index contributed by atoms with van der Waals surface area (Å²) in [5, 5.41) is 0. The van der Waals surface area contributed by atoms with E-state index in [2.05, 4.69) is 0 Å². The minimum atomic E-state index is -3.39. The van der Waals surface area contributed by atoms with Crippen LogP contribution in [0.15, 0.2) is 34.1 Å². The molecule has 0 saturated carbocycles. The van der Waals surface area contributed by atoms with Gasteiger partial charge in [-0.3, -0.25) is 0 Å². The first kappa shape index (κ1) is 11.7. The van der Waals surface area contributed by atoms with Gasteiger partial charge in [-0.25, -0.2) is 12.6 Å². The van der Waals surface area contributed by atoms with Crippen LogP contribution in [-0.2, 0) is 21.1 Å². The van der Waals surface area contributed by atoms with Gasteiger partial charge in [-0.2, -0.15) is 4.31 Å². The highest BCUT2D eigenvalue weighted by atomic mass is 32.2. The van der Waals surface area contributed by atoms with E-state index in [9.17, 15) is 12.6 Å². The Morgan fingerprint density at radius 1 is 1.19 bits per heavy atom. The third-order valence-electron chi connectivity index (χ3n) is 2.48. The van der Waals surface area contributed by atoms with Gasteiger partial charge in [0.25, 0.3) is 0 Å². The maximum absolute atomic E-state index is 11.9. The van der Waals surface area contributed by atoms with E-state index in [-0.39, 0.29) is 9.79 Å². The lowest BCUT2D eigenvalue weighted by Gasteiger charge is -2.29. The molecule has 0 spiro atoms. The topological polar surface area (TPSA) is 74.7 Å². The fraction of sp³-hybridized carbons (Fsp3) is 0.333. The number of hydrogen-bond acceptors (Lipinski definition) is 3. The van der Waals surface area contributed by atoms with Gasteiger partial charge in [0.1, 0.15) is 0 Å². The van der Waals surface area contributed by atoms with Crippen molar-refractivity contribution in [1.82, 2.24) is 4.31 Å². The Labute approximate surface area is 96.4 Å². The number of nitrogens with zero attached hydrogens (tertiary/aromatic N) is 1. The van der Waals surface area contributed by atoms with Crippen molar-refractivity contribution >= 4 is 21.1 Å². The predicted octanol–water partition coefficient (Wildman–Crippen LogP) is 0.662. The highest BCUT2D eigenvalue weighted by Crippen LogP contribution is 2.21. The number of hydrogen-bond donors (Lipinski definition) is 1. The Kier molecular flexibility index (Phi) is 3.11.